The van der Waals surface area contributed by atoms with Gasteiger partial charge in [-0.05, 0) is 25.3 Å². The van der Waals surface area contributed by atoms with Crippen molar-refractivity contribution in [2.45, 2.75) is 18.9 Å². The van der Waals surface area contributed by atoms with Crippen molar-refractivity contribution in [3.05, 3.63) is 0 Å². The van der Waals surface area contributed by atoms with E-state index >= 15 is 0 Å². The zero-order valence-electron chi connectivity index (χ0n) is 6.49. The van der Waals surface area contributed by atoms with Crippen LogP contribution >= 0.6 is 12.4 Å². The molecule has 0 radical (unpaired) electrons. The molecule has 68 valence electrons. The molecule has 0 aliphatic carbocycles. The van der Waals surface area contributed by atoms with Crippen molar-refractivity contribution < 1.29 is 10.2 Å². The first-order valence-electron chi connectivity index (χ1n) is 3.84. The minimum Gasteiger partial charge on any atom is -0.394 e. The Morgan fingerprint density at radius 1 is 1.55 bits per heavy atom. The van der Waals surface area contributed by atoms with Gasteiger partial charge in [0.1, 0.15) is 0 Å². The Morgan fingerprint density at radius 2 is 2.27 bits per heavy atom. The van der Waals surface area contributed by atoms with E-state index < -0.39 is 6.10 Å². The summed E-state index contributed by atoms with van der Waals surface area (Å²) < 4.78 is 0. The molecular weight excluding hydrogens is 166 g/mol. The maximum Gasteiger partial charge on any atom is 0.0811 e. The van der Waals surface area contributed by atoms with E-state index in [1.54, 1.807) is 0 Å². The molecule has 0 saturated carbocycles. The molecule has 3 nitrogen and oxygen atoms in total. The molecule has 0 spiro atoms. The summed E-state index contributed by atoms with van der Waals surface area (Å²) in [6.07, 6.45) is 1.63. The zero-order valence-corrected chi connectivity index (χ0v) is 7.31. The summed E-state index contributed by atoms with van der Waals surface area (Å²) in [5, 5.41) is 21.0. The third kappa shape index (κ3) is 3.38. The minimum absolute atomic E-state index is 0. The van der Waals surface area contributed by atoms with Gasteiger partial charge in [0, 0.05) is 6.54 Å². The molecule has 1 aliphatic heterocycles. The van der Waals surface area contributed by atoms with Crippen molar-refractivity contribution in [3.8, 4) is 0 Å². The molecule has 1 heterocycles. The van der Waals surface area contributed by atoms with Gasteiger partial charge in [0.05, 0.1) is 12.7 Å². The van der Waals surface area contributed by atoms with Crippen molar-refractivity contribution >= 4 is 12.4 Å². The molecular formula is C7H16ClNO2. The monoisotopic (exact) mass is 181 g/mol. The van der Waals surface area contributed by atoms with Gasteiger partial charge in [-0.25, -0.2) is 0 Å². The van der Waals surface area contributed by atoms with Crippen LogP contribution in [-0.2, 0) is 0 Å². The SMILES string of the molecule is Cl.OCC(O)C1CCCNC1. The molecule has 0 aromatic heterocycles. The molecule has 0 bridgehead atoms. The summed E-state index contributed by atoms with van der Waals surface area (Å²) in [7, 11) is 0. The number of aliphatic hydroxyl groups excluding tert-OH is 2. The first kappa shape index (κ1) is 11.2. The molecule has 0 aromatic carbocycles. The third-order valence-corrected chi connectivity index (χ3v) is 2.07. The van der Waals surface area contributed by atoms with Crippen LogP contribution in [0.1, 0.15) is 12.8 Å². The molecule has 2 atom stereocenters. The van der Waals surface area contributed by atoms with E-state index in [0.29, 0.717) is 0 Å². The molecule has 1 saturated heterocycles. The molecule has 4 heteroatoms. The Balaban J connectivity index is 0.000001000. The van der Waals surface area contributed by atoms with E-state index in [4.69, 9.17) is 5.11 Å². The lowest BCUT2D eigenvalue weighted by molar-refractivity contribution is 0.0377. The number of hydrogen-bond acceptors (Lipinski definition) is 3. The van der Waals surface area contributed by atoms with Gasteiger partial charge in [0.25, 0.3) is 0 Å². The summed E-state index contributed by atoms with van der Waals surface area (Å²) in [5.74, 6) is 0.263. The summed E-state index contributed by atoms with van der Waals surface area (Å²) in [6.45, 7) is 1.79. The van der Waals surface area contributed by atoms with Gasteiger partial charge < -0.3 is 15.5 Å². The molecule has 1 aliphatic rings. The summed E-state index contributed by atoms with van der Waals surface area (Å²) in [4.78, 5) is 0. The smallest absolute Gasteiger partial charge is 0.0811 e. The Labute approximate surface area is 73.2 Å². The Hall–Kier alpha value is 0.170. The first-order valence-corrected chi connectivity index (χ1v) is 3.84. The molecule has 0 amide bonds. The van der Waals surface area contributed by atoms with Gasteiger partial charge in [-0.3, -0.25) is 0 Å². The predicted octanol–water partition coefficient (Wildman–Crippen LogP) is -0.239. The highest BCUT2D eigenvalue weighted by Gasteiger charge is 2.19. The average Bonchev–Trinajstić information content (AvgIpc) is 2.05. The largest absolute Gasteiger partial charge is 0.394 e. The van der Waals surface area contributed by atoms with Crippen LogP contribution in [0.25, 0.3) is 0 Å². The number of halogens is 1. The van der Waals surface area contributed by atoms with E-state index in [-0.39, 0.29) is 24.9 Å². The van der Waals surface area contributed by atoms with Gasteiger partial charge >= 0.3 is 0 Å². The van der Waals surface area contributed by atoms with E-state index in [1.165, 1.54) is 0 Å². The van der Waals surface area contributed by atoms with Crippen molar-refractivity contribution in [1.82, 2.24) is 5.32 Å². The van der Waals surface area contributed by atoms with Crippen molar-refractivity contribution in [2.75, 3.05) is 19.7 Å². The van der Waals surface area contributed by atoms with E-state index in [9.17, 15) is 5.11 Å². The molecule has 1 rings (SSSR count). The van der Waals surface area contributed by atoms with Crippen LogP contribution in [-0.4, -0.2) is 36.0 Å². The van der Waals surface area contributed by atoms with Gasteiger partial charge in [0.2, 0.25) is 0 Å². The van der Waals surface area contributed by atoms with E-state index in [2.05, 4.69) is 5.32 Å². The predicted molar refractivity (Wildman–Crippen MR) is 45.9 cm³/mol. The van der Waals surface area contributed by atoms with Gasteiger partial charge in [0.15, 0.2) is 0 Å². The topological polar surface area (TPSA) is 52.5 Å². The highest BCUT2D eigenvalue weighted by atomic mass is 35.5. The number of aliphatic hydroxyl groups is 2. The first-order chi connectivity index (χ1) is 4.84. The van der Waals surface area contributed by atoms with Crippen molar-refractivity contribution in [1.29, 1.82) is 0 Å². The molecule has 0 aromatic rings. The fraction of sp³-hybridized carbons (Fsp3) is 1.00. The second-order valence-electron chi connectivity index (χ2n) is 2.86. The van der Waals surface area contributed by atoms with E-state index in [0.717, 1.165) is 25.9 Å². The van der Waals surface area contributed by atoms with Crippen LogP contribution in [0.5, 0.6) is 0 Å². The Kier molecular flexibility index (Phi) is 5.86. The average molecular weight is 182 g/mol. The standard InChI is InChI=1S/C7H15NO2.ClH/c9-5-7(10)6-2-1-3-8-4-6;/h6-10H,1-5H2;1H. The van der Waals surface area contributed by atoms with Crippen LogP contribution in [0.15, 0.2) is 0 Å². The maximum absolute atomic E-state index is 9.19. The fourth-order valence-electron chi connectivity index (χ4n) is 1.36. The number of nitrogens with one attached hydrogen (secondary N) is 1. The third-order valence-electron chi connectivity index (χ3n) is 2.07. The minimum atomic E-state index is -0.521. The fourth-order valence-corrected chi connectivity index (χ4v) is 1.36. The summed E-state index contributed by atoms with van der Waals surface area (Å²) >= 11 is 0. The van der Waals surface area contributed by atoms with Gasteiger partial charge in [-0.15, -0.1) is 12.4 Å². The zero-order chi connectivity index (χ0) is 7.40. The summed E-state index contributed by atoms with van der Waals surface area (Å²) in [5.41, 5.74) is 0. The highest BCUT2D eigenvalue weighted by Crippen LogP contribution is 2.13. The van der Waals surface area contributed by atoms with Crippen LogP contribution in [0.3, 0.4) is 0 Å². The number of rotatable bonds is 2. The second kappa shape index (κ2) is 5.77. The Bertz CT molecular complexity index is 96.4. The van der Waals surface area contributed by atoms with Crippen molar-refractivity contribution in [3.63, 3.8) is 0 Å². The Morgan fingerprint density at radius 3 is 2.73 bits per heavy atom. The van der Waals surface area contributed by atoms with Gasteiger partial charge in [-0.1, -0.05) is 0 Å². The van der Waals surface area contributed by atoms with E-state index in [1.807, 2.05) is 0 Å². The number of hydrogen-bond donors (Lipinski definition) is 3. The maximum atomic E-state index is 9.19. The lowest BCUT2D eigenvalue weighted by Gasteiger charge is -2.25. The molecule has 1 fully saturated rings. The van der Waals surface area contributed by atoms with Crippen LogP contribution in [0.2, 0.25) is 0 Å². The second-order valence-corrected chi connectivity index (χ2v) is 2.86. The molecule has 3 N–H and O–H groups in total. The summed E-state index contributed by atoms with van der Waals surface area (Å²) in [6, 6.07) is 0. The molecule has 11 heavy (non-hydrogen) atoms. The van der Waals surface area contributed by atoms with Crippen LogP contribution in [0, 0.1) is 5.92 Å². The lowest BCUT2D eigenvalue weighted by Crippen LogP contribution is -2.38. The normalized spacial score (nSPS) is 27.3. The van der Waals surface area contributed by atoms with Crippen LogP contribution < -0.4 is 5.32 Å². The number of piperidine rings is 1. The quantitative estimate of drug-likeness (QED) is 0.551. The van der Waals surface area contributed by atoms with Crippen molar-refractivity contribution in [2.24, 2.45) is 5.92 Å². The van der Waals surface area contributed by atoms with Gasteiger partial charge in [-0.2, -0.15) is 0 Å². The molecule has 2 unspecified atom stereocenters. The van der Waals surface area contributed by atoms with Crippen LogP contribution in [0.4, 0.5) is 0 Å². The lowest BCUT2D eigenvalue weighted by atomic mass is 9.94. The highest BCUT2D eigenvalue weighted by molar-refractivity contribution is 5.85.